The van der Waals surface area contributed by atoms with Gasteiger partial charge in [0.25, 0.3) is 0 Å². The lowest BCUT2D eigenvalue weighted by Gasteiger charge is -2.10. The number of rotatable bonds is 3. The summed E-state index contributed by atoms with van der Waals surface area (Å²) in [6.07, 6.45) is 1.43. The highest BCUT2D eigenvalue weighted by Gasteiger charge is 2.13. The van der Waals surface area contributed by atoms with Gasteiger partial charge in [-0.3, -0.25) is 5.32 Å². The van der Waals surface area contributed by atoms with Crippen molar-refractivity contribution >= 4 is 28.8 Å². The highest BCUT2D eigenvalue weighted by molar-refractivity contribution is 5.90. The Balaban J connectivity index is 1.97. The van der Waals surface area contributed by atoms with Crippen LogP contribution >= 0.6 is 0 Å². The Morgan fingerprint density at radius 2 is 1.64 bits per heavy atom. The molecule has 7 heteroatoms. The van der Waals surface area contributed by atoms with Crippen molar-refractivity contribution in [2.45, 2.75) is 27.7 Å². The first-order valence-electron chi connectivity index (χ1n) is 7.83. The number of esters is 1. The number of carbonyl (C=O) groups excluding carboxylic acids is 1. The van der Waals surface area contributed by atoms with Gasteiger partial charge in [0.1, 0.15) is 0 Å². The van der Waals surface area contributed by atoms with Gasteiger partial charge in [0.05, 0.1) is 29.6 Å². The van der Waals surface area contributed by atoms with Crippen LogP contribution in [0.3, 0.4) is 0 Å². The lowest BCUT2D eigenvalue weighted by Crippen LogP contribution is -2.09. The number of aryl methyl sites for hydroxylation is 4. The van der Waals surface area contributed by atoms with Crippen LogP contribution in [0.5, 0.6) is 0 Å². The van der Waals surface area contributed by atoms with E-state index >= 15 is 0 Å². The van der Waals surface area contributed by atoms with Crippen molar-refractivity contribution in [2.24, 2.45) is 0 Å². The predicted octanol–water partition coefficient (Wildman–Crippen LogP) is 3.18. The van der Waals surface area contributed by atoms with E-state index in [0.29, 0.717) is 23.2 Å². The average molecular weight is 337 g/mol. The molecule has 0 bridgehead atoms. The van der Waals surface area contributed by atoms with E-state index in [0.717, 1.165) is 16.6 Å². The number of nitrogens with zero attached hydrogens (tertiary/aromatic N) is 4. The second-order valence-electron chi connectivity index (χ2n) is 5.90. The number of nitrogens with one attached hydrogen (secondary N) is 1. The summed E-state index contributed by atoms with van der Waals surface area (Å²) in [6, 6.07) is 4.13. The summed E-state index contributed by atoms with van der Waals surface area (Å²) in [5.41, 5.74) is 4.96. The van der Waals surface area contributed by atoms with Crippen LogP contribution in [0.15, 0.2) is 18.3 Å². The third-order valence-corrected chi connectivity index (χ3v) is 4.11. The fourth-order valence-corrected chi connectivity index (χ4v) is 2.53. The smallest absolute Gasteiger partial charge is 0.341 e. The lowest BCUT2D eigenvalue weighted by atomic mass is 10.1. The molecule has 1 aromatic carbocycles. The summed E-state index contributed by atoms with van der Waals surface area (Å²) < 4.78 is 4.70. The van der Waals surface area contributed by atoms with Crippen molar-refractivity contribution in [1.82, 2.24) is 19.9 Å². The summed E-state index contributed by atoms with van der Waals surface area (Å²) >= 11 is 0. The lowest BCUT2D eigenvalue weighted by molar-refractivity contribution is 0.0599. The summed E-state index contributed by atoms with van der Waals surface area (Å²) in [5, 5.41) is 4.02. The normalized spacial score (nSPS) is 10.8. The van der Waals surface area contributed by atoms with E-state index in [1.54, 1.807) is 6.92 Å². The van der Waals surface area contributed by atoms with Crippen LogP contribution in [0.1, 0.15) is 32.9 Å². The largest absolute Gasteiger partial charge is 0.465 e. The van der Waals surface area contributed by atoms with Crippen molar-refractivity contribution in [3.63, 3.8) is 0 Å². The van der Waals surface area contributed by atoms with Gasteiger partial charge >= 0.3 is 5.97 Å². The molecule has 1 N–H and O–H groups in total. The van der Waals surface area contributed by atoms with Crippen molar-refractivity contribution in [3.05, 3.63) is 46.4 Å². The molecular formula is C18H19N5O2. The Morgan fingerprint density at radius 1 is 0.960 bits per heavy atom. The first-order valence-corrected chi connectivity index (χ1v) is 7.83. The zero-order valence-electron chi connectivity index (χ0n) is 14.8. The minimum atomic E-state index is -0.465. The van der Waals surface area contributed by atoms with Crippen molar-refractivity contribution < 1.29 is 9.53 Å². The van der Waals surface area contributed by atoms with Crippen LogP contribution in [0.2, 0.25) is 0 Å². The summed E-state index contributed by atoms with van der Waals surface area (Å²) in [7, 11) is 1.32. The Hall–Kier alpha value is -3.09. The Morgan fingerprint density at radius 3 is 2.32 bits per heavy atom. The third-order valence-electron chi connectivity index (χ3n) is 4.11. The molecule has 128 valence electrons. The minimum absolute atomic E-state index is 0.327. The molecule has 0 amide bonds. The maximum absolute atomic E-state index is 11.6. The zero-order chi connectivity index (χ0) is 18.1. The number of aromatic nitrogens is 4. The molecule has 0 unspecified atom stereocenters. The highest BCUT2D eigenvalue weighted by atomic mass is 16.5. The number of fused-ring (bicyclic) bond motifs is 1. The molecule has 2 heterocycles. The SMILES string of the molecule is COC(=O)c1cnc(Nc2nc(C)c3cc(C)c(C)cc3n2)nc1C. The third kappa shape index (κ3) is 3.26. The summed E-state index contributed by atoms with van der Waals surface area (Å²) in [6.45, 7) is 7.78. The van der Waals surface area contributed by atoms with E-state index in [9.17, 15) is 4.79 Å². The Kier molecular flexibility index (Phi) is 4.31. The number of hydrogen-bond donors (Lipinski definition) is 1. The minimum Gasteiger partial charge on any atom is -0.465 e. The molecule has 25 heavy (non-hydrogen) atoms. The van der Waals surface area contributed by atoms with E-state index in [4.69, 9.17) is 4.74 Å². The van der Waals surface area contributed by atoms with Gasteiger partial charge < -0.3 is 4.74 Å². The summed E-state index contributed by atoms with van der Waals surface area (Å²) in [5.74, 6) is 0.277. The van der Waals surface area contributed by atoms with Gasteiger partial charge in [-0.05, 0) is 51.0 Å². The maximum atomic E-state index is 11.6. The molecule has 0 aliphatic carbocycles. The molecular weight excluding hydrogens is 318 g/mol. The number of methoxy groups -OCH3 is 1. The van der Waals surface area contributed by atoms with E-state index in [1.807, 2.05) is 13.0 Å². The molecule has 0 fully saturated rings. The van der Waals surface area contributed by atoms with Crippen LogP contribution in [-0.2, 0) is 4.74 Å². The second kappa shape index (κ2) is 6.43. The number of carbonyl (C=O) groups is 1. The van der Waals surface area contributed by atoms with E-state index in [1.165, 1.54) is 24.4 Å². The molecule has 0 saturated carbocycles. The molecule has 0 spiro atoms. The monoisotopic (exact) mass is 337 g/mol. The molecule has 0 atom stereocenters. The molecule has 0 radical (unpaired) electrons. The fourth-order valence-electron chi connectivity index (χ4n) is 2.53. The molecule has 0 saturated heterocycles. The van der Waals surface area contributed by atoms with Gasteiger partial charge in [-0.15, -0.1) is 0 Å². The maximum Gasteiger partial charge on any atom is 0.341 e. The van der Waals surface area contributed by atoms with E-state index < -0.39 is 5.97 Å². The molecule has 0 aliphatic heterocycles. The second-order valence-corrected chi connectivity index (χ2v) is 5.90. The first-order chi connectivity index (χ1) is 11.9. The van der Waals surface area contributed by atoms with Crippen molar-refractivity contribution in [1.29, 1.82) is 0 Å². The van der Waals surface area contributed by atoms with E-state index in [2.05, 4.69) is 45.2 Å². The van der Waals surface area contributed by atoms with Gasteiger partial charge in [0.15, 0.2) is 0 Å². The predicted molar refractivity (Wildman–Crippen MR) is 95.1 cm³/mol. The van der Waals surface area contributed by atoms with Crippen LogP contribution in [0.4, 0.5) is 11.9 Å². The quantitative estimate of drug-likeness (QED) is 0.734. The zero-order valence-corrected chi connectivity index (χ0v) is 14.8. The van der Waals surface area contributed by atoms with Gasteiger partial charge in [-0.25, -0.2) is 24.7 Å². The summed E-state index contributed by atoms with van der Waals surface area (Å²) in [4.78, 5) is 29.0. The van der Waals surface area contributed by atoms with Crippen LogP contribution in [0, 0.1) is 27.7 Å². The molecule has 0 aliphatic rings. The number of ether oxygens (including phenoxy) is 1. The van der Waals surface area contributed by atoms with Crippen LogP contribution < -0.4 is 5.32 Å². The average Bonchev–Trinajstić information content (AvgIpc) is 2.56. The van der Waals surface area contributed by atoms with Gasteiger partial charge in [0.2, 0.25) is 11.9 Å². The number of hydrogen-bond acceptors (Lipinski definition) is 7. The van der Waals surface area contributed by atoms with Crippen LogP contribution in [-0.4, -0.2) is 33.0 Å². The van der Waals surface area contributed by atoms with Crippen LogP contribution in [0.25, 0.3) is 10.9 Å². The van der Waals surface area contributed by atoms with Gasteiger partial charge in [-0.1, -0.05) is 0 Å². The molecule has 3 aromatic rings. The number of anilines is 2. The molecule has 7 nitrogen and oxygen atoms in total. The molecule has 2 aromatic heterocycles. The number of benzene rings is 1. The van der Waals surface area contributed by atoms with Gasteiger partial charge in [0, 0.05) is 11.6 Å². The highest BCUT2D eigenvalue weighted by Crippen LogP contribution is 2.22. The first kappa shape index (κ1) is 16.8. The topological polar surface area (TPSA) is 89.9 Å². The Bertz CT molecular complexity index is 985. The Labute approximate surface area is 145 Å². The standard InChI is InChI=1S/C18H19N5O2/c1-9-6-13-11(3)21-18(22-15(13)7-10(9)2)23-17-19-8-14(12(4)20-17)16(24)25-5/h6-8H,1-5H3,(H,19,20,21,22,23). The van der Waals surface area contributed by atoms with Gasteiger partial charge in [-0.2, -0.15) is 0 Å². The fraction of sp³-hybridized carbons (Fsp3) is 0.278. The van der Waals surface area contributed by atoms with E-state index in [-0.39, 0.29) is 0 Å². The molecule has 3 rings (SSSR count). The van der Waals surface area contributed by atoms with Crippen molar-refractivity contribution in [3.8, 4) is 0 Å². The van der Waals surface area contributed by atoms with Crippen molar-refractivity contribution in [2.75, 3.05) is 12.4 Å².